The van der Waals surface area contributed by atoms with E-state index in [4.69, 9.17) is 19.4 Å². The van der Waals surface area contributed by atoms with Crippen LogP contribution in [0.2, 0.25) is 0 Å². The number of alkyl halides is 3. The Hall–Kier alpha value is -4.08. The average molecular weight is 474 g/mol. The summed E-state index contributed by atoms with van der Waals surface area (Å²) in [6.07, 6.45) is -2.21. The van der Waals surface area contributed by atoms with Gasteiger partial charge in [0.05, 0.1) is 0 Å². The summed E-state index contributed by atoms with van der Waals surface area (Å²) < 4.78 is 43.2. The molecule has 7 nitrogen and oxygen atoms in total. The van der Waals surface area contributed by atoms with Gasteiger partial charge in [0, 0.05) is 18.1 Å². The summed E-state index contributed by atoms with van der Waals surface area (Å²) in [7, 11) is 0. The molecule has 1 unspecified atom stereocenters. The zero-order valence-electron chi connectivity index (χ0n) is 18.2. The van der Waals surface area contributed by atoms with Gasteiger partial charge in [-0.05, 0) is 72.5 Å². The van der Waals surface area contributed by atoms with E-state index in [0.29, 0.717) is 11.5 Å². The molecule has 4 rings (SSSR count). The number of aromatic nitrogens is 1. The molecule has 1 aromatic heterocycles. The van der Waals surface area contributed by atoms with Gasteiger partial charge in [0.25, 0.3) is 5.91 Å². The van der Waals surface area contributed by atoms with Crippen LogP contribution in [0.4, 0.5) is 18.9 Å². The molecule has 0 spiro atoms. The first kappa shape index (κ1) is 24.6. The van der Waals surface area contributed by atoms with Crippen molar-refractivity contribution in [2.45, 2.75) is 26.1 Å². The smallest absolute Gasteiger partial charge is 0.485 e. The molecule has 1 atom stereocenters. The van der Waals surface area contributed by atoms with Crippen LogP contribution in [0.1, 0.15) is 11.1 Å². The highest BCUT2D eigenvalue weighted by Crippen LogP contribution is 2.32. The van der Waals surface area contributed by atoms with Gasteiger partial charge in [-0.15, -0.1) is 0 Å². The minimum Gasteiger partial charge on any atom is -0.485 e. The molecule has 2 heterocycles. The van der Waals surface area contributed by atoms with Crippen LogP contribution < -0.4 is 14.8 Å². The van der Waals surface area contributed by atoms with Crippen molar-refractivity contribution in [2.24, 2.45) is 0 Å². The predicted molar refractivity (Wildman–Crippen MR) is 118 cm³/mol. The first-order valence-corrected chi connectivity index (χ1v) is 10.1. The standard InChI is InChI=1S/C22H20N2O3.C2HF3O2/c1-14-12-18(15(2)11-17(14)16-7-9-23-10-8-16)24-22(25)21-13-26-19-5-3-4-6-20(19)27-21;3-2(4,5)1(6)7/h3-12,21H,13H2,1-2H3,(H,24,25);(H,6,7). The van der Waals surface area contributed by atoms with Gasteiger partial charge in [0.15, 0.2) is 11.5 Å². The summed E-state index contributed by atoms with van der Waals surface area (Å²) in [6, 6.07) is 15.4. The number of nitrogens with one attached hydrogen (secondary N) is 1. The molecule has 0 radical (unpaired) electrons. The first-order chi connectivity index (χ1) is 16.1. The fourth-order valence-corrected chi connectivity index (χ4v) is 3.16. The number of hydrogen-bond acceptors (Lipinski definition) is 5. The van der Waals surface area contributed by atoms with E-state index >= 15 is 0 Å². The van der Waals surface area contributed by atoms with Gasteiger partial charge < -0.3 is 19.9 Å². The molecule has 1 amide bonds. The van der Waals surface area contributed by atoms with Crippen molar-refractivity contribution >= 4 is 17.6 Å². The monoisotopic (exact) mass is 474 g/mol. The van der Waals surface area contributed by atoms with Crippen LogP contribution in [0.3, 0.4) is 0 Å². The minimum absolute atomic E-state index is 0.190. The molecule has 0 bridgehead atoms. The van der Waals surface area contributed by atoms with Gasteiger partial charge in [0.2, 0.25) is 6.10 Å². The highest BCUT2D eigenvalue weighted by Gasteiger charge is 2.38. The number of ether oxygens (including phenoxy) is 2. The second-order valence-corrected chi connectivity index (χ2v) is 7.37. The first-order valence-electron chi connectivity index (χ1n) is 10.1. The van der Waals surface area contributed by atoms with Crippen LogP contribution in [0.5, 0.6) is 11.5 Å². The molecule has 10 heteroatoms. The number of carbonyl (C=O) groups excluding carboxylic acids is 1. The molecular weight excluding hydrogens is 453 g/mol. The van der Waals surface area contributed by atoms with Gasteiger partial charge in [-0.2, -0.15) is 13.2 Å². The van der Waals surface area contributed by atoms with Crippen LogP contribution in [-0.2, 0) is 9.59 Å². The second kappa shape index (κ2) is 10.2. The summed E-state index contributed by atoms with van der Waals surface area (Å²) in [5.74, 6) is -1.73. The normalized spacial score (nSPS) is 14.4. The maximum absolute atomic E-state index is 12.7. The third kappa shape index (κ3) is 6.03. The Morgan fingerprint density at radius 1 is 1.03 bits per heavy atom. The average Bonchev–Trinajstić information content (AvgIpc) is 2.81. The number of aryl methyl sites for hydroxylation is 2. The quantitative estimate of drug-likeness (QED) is 0.567. The highest BCUT2D eigenvalue weighted by atomic mass is 19.4. The number of aliphatic carboxylic acids is 1. The predicted octanol–water partition coefficient (Wildman–Crippen LogP) is 4.78. The Morgan fingerprint density at radius 2 is 1.65 bits per heavy atom. The number of para-hydroxylation sites is 2. The van der Waals surface area contributed by atoms with E-state index in [-0.39, 0.29) is 12.5 Å². The van der Waals surface area contributed by atoms with E-state index in [1.807, 2.05) is 50.2 Å². The molecule has 0 aliphatic carbocycles. The zero-order valence-corrected chi connectivity index (χ0v) is 18.2. The molecule has 1 aliphatic heterocycles. The minimum atomic E-state index is -5.08. The van der Waals surface area contributed by atoms with Crippen LogP contribution in [0, 0.1) is 13.8 Å². The van der Waals surface area contributed by atoms with Crippen molar-refractivity contribution in [3.63, 3.8) is 0 Å². The lowest BCUT2D eigenvalue weighted by Gasteiger charge is -2.26. The molecule has 2 N–H and O–H groups in total. The van der Waals surface area contributed by atoms with E-state index in [9.17, 15) is 18.0 Å². The molecule has 2 aromatic carbocycles. The zero-order chi connectivity index (χ0) is 24.9. The number of hydrogen-bond donors (Lipinski definition) is 2. The van der Waals surface area contributed by atoms with Crippen LogP contribution >= 0.6 is 0 Å². The van der Waals surface area contributed by atoms with Crippen LogP contribution in [0.25, 0.3) is 11.1 Å². The summed E-state index contributed by atoms with van der Waals surface area (Å²) in [4.78, 5) is 25.6. The van der Waals surface area contributed by atoms with Gasteiger partial charge >= 0.3 is 12.1 Å². The number of carboxylic acid groups (broad SMARTS) is 1. The Bertz CT molecular complexity index is 1180. The van der Waals surface area contributed by atoms with Crippen molar-refractivity contribution in [1.29, 1.82) is 0 Å². The number of pyridine rings is 1. The molecule has 34 heavy (non-hydrogen) atoms. The Balaban J connectivity index is 0.000000406. The fraction of sp³-hybridized carbons (Fsp3) is 0.208. The van der Waals surface area contributed by atoms with Gasteiger partial charge in [-0.1, -0.05) is 12.1 Å². The maximum atomic E-state index is 12.7. The summed E-state index contributed by atoms with van der Waals surface area (Å²) in [5, 5.41) is 10.1. The Kier molecular flexibility index (Phi) is 7.40. The van der Waals surface area contributed by atoms with E-state index in [1.165, 1.54) is 0 Å². The van der Waals surface area contributed by atoms with Crippen molar-refractivity contribution in [1.82, 2.24) is 4.98 Å². The molecule has 3 aromatic rings. The molecular formula is C24H21F3N2O5. The van der Waals surface area contributed by atoms with Crippen molar-refractivity contribution in [3.8, 4) is 22.6 Å². The maximum Gasteiger partial charge on any atom is 0.490 e. The largest absolute Gasteiger partial charge is 0.490 e. The van der Waals surface area contributed by atoms with Gasteiger partial charge in [-0.3, -0.25) is 9.78 Å². The molecule has 1 aliphatic rings. The van der Waals surface area contributed by atoms with Gasteiger partial charge in [0.1, 0.15) is 6.61 Å². The Labute approximate surface area is 193 Å². The lowest BCUT2D eigenvalue weighted by atomic mass is 9.98. The molecule has 178 valence electrons. The number of rotatable bonds is 3. The number of nitrogens with zero attached hydrogens (tertiary/aromatic N) is 1. The third-order valence-corrected chi connectivity index (χ3v) is 4.86. The molecule has 0 saturated carbocycles. The lowest BCUT2D eigenvalue weighted by Crippen LogP contribution is -2.40. The van der Waals surface area contributed by atoms with Gasteiger partial charge in [-0.25, -0.2) is 4.79 Å². The van der Waals surface area contributed by atoms with Crippen molar-refractivity contribution in [2.75, 3.05) is 11.9 Å². The highest BCUT2D eigenvalue weighted by molar-refractivity contribution is 5.96. The number of carboxylic acids is 1. The van der Waals surface area contributed by atoms with Crippen molar-refractivity contribution in [3.05, 3.63) is 72.1 Å². The number of fused-ring (bicyclic) bond motifs is 1. The topological polar surface area (TPSA) is 97.8 Å². The van der Waals surface area contributed by atoms with Crippen LogP contribution in [-0.4, -0.2) is 40.9 Å². The number of halogens is 3. The van der Waals surface area contributed by atoms with Crippen molar-refractivity contribution < 1.29 is 37.3 Å². The fourth-order valence-electron chi connectivity index (χ4n) is 3.16. The van der Waals surface area contributed by atoms with E-state index in [2.05, 4.69) is 16.4 Å². The number of benzene rings is 2. The Morgan fingerprint density at radius 3 is 2.26 bits per heavy atom. The summed E-state index contributed by atoms with van der Waals surface area (Å²) in [6.45, 7) is 4.20. The third-order valence-electron chi connectivity index (χ3n) is 4.86. The summed E-state index contributed by atoms with van der Waals surface area (Å²) >= 11 is 0. The number of amides is 1. The van der Waals surface area contributed by atoms with E-state index in [1.54, 1.807) is 18.5 Å². The molecule has 0 saturated heterocycles. The lowest BCUT2D eigenvalue weighted by molar-refractivity contribution is -0.192. The van der Waals surface area contributed by atoms with Crippen LogP contribution in [0.15, 0.2) is 60.9 Å². The number of carbonyl (C=O) groups is 2. The second-order valence-electron chi connectivity index (χ2n) is 7.37. The summed E-state index contributed by atoms with van der Waals surface area (Å²) in [5.41, 5.74) is 5.06. The SMILES string of the molecule is Cc1cc(-c2ccncc2)c(C)cc1NC(=O)C1COc2ccccc2O1.O=C(O)C(F)(F)F. The molecule has 0 fully saturated rings. The van der Waals surface area contributed by atoms with E-state index in [0.717, 1.165) is 27.9 Å². The van der Waals surface area contributed by atoms with E-state index < -0.39 is 18.2 Å². The number of anilines is 1.